The maximum absolute atomic E-state index is 13.5. The summed E-state index contributed by atoms with van der Waals surface area (Å²) in [6.45, 7) is 13.6. The summed E-state index contributed by atoms with van der Waals surface area (Å²) in [6, 6.07) is 15.3. The van der Waals surface area contributed by atoms with E-state index in [1.54, 1.807) is 42.6 Å². The third-order valence-electron chi connectivity index (χ3n) is 10.1. The highest BCUT2D eigenvalue weighted by molar-refractivity contribution is 7.92. The van der Waals surface area contributed by atoms with Crippen molar-refractivity contribution in [3.63, 3.8) is 0 Å². The molecule has 3 atom stereocenters. The van der Waals surface area contributed by atoms with Crippen LogP contribution in [0.3, 0.4) is 0 Å². The molecule has 5 N–H and O–H groups in total. The third kappa shape index (κ3) is 10.9. The molecule has 0 spiro atoms. The number of carbonyl (C=O) groups excluding carboxylic acids is 2. The van der Waals surface area contributed by atoms with Crippen LogP contribution in [0.5, 0.6) is 17.4 Å². The van der Waals surface area contributed by atoms with Crippen LogP contribution < -0.4 is 35.5 Å². The number of aromatic nitrogens is 2. The summed E-state index contributed by atoms with van der Waals surface area (Å²) in [5.74, 6) is 3.20. The molecule has 0 radical (unpaired) electrons. The second-order valence-corrected chi connectivity index (χ2v) is 17.6. The molecule has 1 aromatic heterocycles. The molecular weight excluding hydrogens is 785 g/mol. The van der Waals surface area contributed by atoms with Gasteiger partial charge in [-0.05, 0) is 54.3 Å². The van der Waals surface area contributed by atoms with Gasteiger partial charge in [0.25, 0.3) is 0 Å². The number of amides is 3. The first-order valence-corrected chi connectivity index (χ1v) is 21.5. The van der Waals surface area contributed by atoms with Gasteiger partial charge in [0.05, 0.1) is 43.6 Å². The fourth-order valence-corrected chi connectivity index (χ4v) is 7.59. The van der Waals surface area contributed by atoms with Crippen molar-refractivity contribution < 1.29 is 32.2 Å². The topological polar surface area (TPSA) is 185 Å². The molecule has 1 saturated heterocycles. The fourth-order valence-electron chi connectivity index (χ4n) is 7.04. The van der Waals surface area contributed by atoms with Gasteiger partial charge in [0.2, 0.25) is 27.8 Å². The number of nitrogens with one attached hydrogen (secondary N) is 5. The van der Waals surface area contributed by atoms with Gasteiger partial charge >= 0.3 is 6.03 Å². The lowest BCUT2D eigenvalue weighted by Crippen LogP contribution is -2.46. The van der Waals surface area contributed by atoms with Gasteiger partial charge in [0, 0.05) is 71.8 Å². The molecule has 2 unspecified atom stereocenters. The molecule has 4 aromatic rings. The lowest BCUT2D eigenvalue weighted by atomic mass is 9.82. The number of terminal acetylenes is 1. The zero-order valence-corrected chi connectivity index (χ0v) is 35.7. The Balaban J connectivity index is 1.18. The number of rotatable bonds is 13. The van der Waals surface area contributed by atoms with Crippen LogP contribution in [0.4, 0.5) is 27.8 Å². The van der Waals surface area contributed by atoms with Gasteiger partial charge in [0.1, 0.15) is 5.75 Å². The number of allylic oxidation sites excluding steroid dienone is 2. The van der Waals surface area contributed by atoms with Crippen molar-refractivity contribution in [2.45, 2.75) is 46.1 Å². The van der Waals surface area contributed by atoms with Crippen LogP contribution in [0.25, 0.3) is 10.8 Å². The van der Waals surface area contributed by atoms with E-state index in [0.29, 0.717) is 46.7 Å². The maximum Gasteiger partial charge on any atom is 0.323 e. The number of urea groups is 1. The summed E-state index contributed by atoms with van der Waals surface area (Å²) in [5, 5.41) is 13.5. The van der Waals surface area contributed by atoms with Crippen molar-refractivity contribution in [2.24, 2.45) is 11.8 Å². The molecule has 1 aliphatic carbocycles. The summed E-state index contributed by atoms with van der Waals surface area (Å²) in [5.41, 5.74) is 2.52. The minimum atomic E-state index is -3.65. The van der Waals surface area contributed by atoms with Gasteiger partial charge in [-0.2, -0.15) is 4.98 Å². The number of anilines is 4. The Morgan fingerprint density at radius 2 is 1.73 bits per heavy atom. The second-order valence-electron chi connectivity index (χ2n) is 15.9. The minimum Gasteiger partial charge on any atom is -0.492 e. The van der Waals surface area contributed by atoms with Crippen molar-refractivity contribution in [2.75, 3.05) is 66.9 Å². The standard InChI is InChI=1S/C44H52N8O7S/c1-9-29-22-31(25-34(28(29)3)41(53)46-27(2)26-52-18-20-58-21-19-52)47-42-45-17-16-39(50-42)59-38-15-14-35(32-12-10-11-13-33(32)38)48-43(54)49-36-23-30(44(4,5)6)24-37(40(36)57-7)51-60(8,55)56/h1,10-17,22-25,27-29,51H,18-21,26H2,2-8H3,(H,46,53)(H,45,47,50)(H2,48,49,54)/t27-,28?,29?/m1/s1. The van der Waals surface area contributed by atoms with Gasteiger partial charge < -0.3 is 35.5 Å². The first kappa shape index (κ1) is 43.4. The number of hydrogen-bond acceptors (Lipinski definition) is 11. The molecule has 2 heterocycles. The number of sulfonamides is 1. The summed E-state index contributed by atoms with van der Waals surface area (Å²) >= 11 is 0. The number of nitrogens with zero attached hydrogens (tertiary/aromatic N) is 3. The summed E-state index contributed by atoms with van der Waals surface area (Å²) < 4.78 is 44.2. The fraction of sp³-hybridized carbons (Fsp3) is 0.364. The molecule has 16 heteroatoms. The highest BCUT2D eigenvalue weighted by Gasteiger charge is 2.29. The number of fused-ring (bicyclic) bond motifs is 1. The number of methoxy groups -OCH3 is 1. The number of ether oxygens (including phenoxy) is 3. The first-order chi connectivity index (χ1) is 28.5. The molecule has 2 aliphatic rings. The van der Waals surface area contributed by atoms with Gasteiger partial charge in [-0.3, -0.25) is 14.4 Å². The number of hydrogen-bond donors (Lipinski definition) is 5. The molecule has 316 valence electrons. The van der Waals surface area contributed by atoms with Crippen molar-refractivity contribution in [1.29, 1.82) is 0 Å². The molecule has 1 fully saturated rings. The Labute approximate surface area is 351 Å². The summed E-state index contributed by atoms with van der Waals surface area (Å²) in [6.07, 6.45) is 12.2. The van der Waals surface area contributed by atoms with E-state index in [1.165, 1.54) is 7.11 Å². The third-order valence-corrected chi connectivity index (χ3v) is 10.7. The summed E-state index contributed by atoms with van der Waals surface area (Å²) in [7, 11) is -2.25. The van der Waals surface area contributed by atoms with Gasteiger partial charge in [-0.1, -0.05) is 57.9 Å². The SMILES string of the molecule is C#CC1C=C(Nc2nccc(Oc3ccc(NC(=O)Nc4cc(C(C)(C)C)cc(NS(C)(=O)=O)c4OC)c4ccccc34)n2)C=C(C(=O)N[C@H](C)CN2CCOCC2)C1C. The molecular formula is C44H52N8O7S. The lowest BCUT2D eigenvalue weighted by Gasteiger charge is -2.30. The smallest absolute Gasteiger partial charge is 0.323 e. The van der Waals surface area contributed by atoms with Crippen molar-refractivity contribution >= 4 is 55.7 Å². The lowest BCUT2D eigenvalue weighted by molar-refractivity contribution is -0.118. The van der Waals surface area contributed by atoms with E-state index in [9.17, 15) is 18.0 Å². The Kier molecular flexibility index (Phi) is 13.3. The number of benzene rings is 3. The maximum atomic E-state index is 13.5. The van der Waals surface area contributed by atoms with E-state index in [0.717, 1.165) is 31.5 Å². The predicted molar refractivity (Wildman–Crippen MR) is 235 cm³/mol. The Morgan fingerprint density at radius 3 is 2.42 bits per heavy atom. The molecule has 0 bridgehead atoms. The molecule has 1 aliphatic heterocycles. The Hall–Kier alpha value is -6.15. The number of carbonyl (C=O) groups is 2. The average Bonchev–Trinajstić information content (AvgIpc) is 3.19. The molecule has 0 saturated carbocycles. The van der Waals surface area contributed by atoms with Crippen LogP contribution in [0, 0.1) is 24.2 Å². The van der Waals surface area contributed by atoms with Crippen LogP contribution >= 0.6 is 0 Å². The second kappa shape index (κ2) is 18.4. The normalized spacial score (nSPS) is 17.6. The quantitative estimate of drug-likeness (QED) is 0.0903. The Morgan fingerprint density at radius 1 is 1.03 bits per heavy atom. The molecule has 3 aromatic carbocycles. The minimum absolute atomic E-state index is 0.0765. The van der Waals surface area contributed by atoms with E-state index < -0.39 is 16.1 Å². The number of morpholine rings is 1. The van der Waals surface area contributed by atoms with E-state index in [2.05, 4.69) is 46.8 Å². The largest absolute Gasteiger partial charge is 0.492 e. The van der Waals surface area contributed by atoms with Crippen LogP contribution in [0.1, 0.15) is 40.2 Å². The zero-order chi connectivity index (χ0) is 43.2. The van der Waals surface area contributed by atoms with E-state index in [1.807, 2.05) is 65.0 Å². The van der Waals surface area contributed by atoms with Gasteiger partial charge in [-0.25, -0.2) is 18.2 Å². The van der Waals surface area contributed by atoms with Crippen LogP contribution in [-0.2, 0) is 25.0 Å². The van der Waals surface area contributed by atoms with Crippen molar-refractivity contribution in [3.05, 3.63) is 89.8 Å². The van der Waals surface area contributed by atoms with Crippen LogP contribution in [0.15, 0.2) is 84.2 Å². The van der Waals surface area contributed by atoms with Crippen LogP contribution in [0.2, 0.25) is 0 Å². The molecule has 6 rings (SSSR count). The monoisotopic (exact) mass is 836 g/mol. The highest BCUT2D eigenvalue weighted by atomic mass is 32.2. The molecule has 60 heavy (non-hydrogen) atoms. The first-order valence-electron chi connectivity index (χ1n) is 19.6. The molecule has 15 nitrogen and oxygen atoms in total. The van der Waals surface area contributed by atoms with Gasteiger partial charge in [0.15, 0.2) is 5.75 Å². The predicted octanol–water partition coefficient (Wildman–Crippen LogP) is 6.70. The van der Waals surface area contributed by atoms with Crippen LogP contribution in [-0.4, -0.2) is 87.5 Å². The van der Waals surface area contributed by atoms with Gasteiger partial charge in [-0.15, -0.1) is 6.42 Å². The van der Waals surface area contributed by atoms with Crippen molar-refractivity contribution in [3.8, 4) is 29.7 Å². The van der Waals surface area contributed by atoms with E-state index in [-0.39, 0.29) is 58.2 Å². The summed E-state index contributed by atoms with van der Waals surface area (Å²) in [4.78, 5) is 38.3. The highest BCUT2D eigenvalue weighted by Crippen LogP contribution is 2.40. The average molecular weight is 837 g/mol. The van der Waals surface area contributed by atoms with E-state index >= 15 is 0 Å². The Bertz CT molecular complexity index is 2470. The van der Waals surface area contributed by atoms with Crippen molar-refractivity contribution in [1.82, 2.24) is 20.2 Å². The molecule has 3 amide bonds. The van der Waals surface area contributed by atoms with E-state index in [4.69, 9.17) is 20.6 Å². The zero-order valence-electron chi connectivity index (χ0n) is 34.9.